The van der Waals surface area contributed by atoms with E-state index in [-0.39, 0.29) is 10.8 Å². The van der Waals surface area contributed by atoms with Crippen molar-refractivity contribution in [3.8, 4) is 0 Å². The molecular weight excluding hydrogens is 699 g/mol. The van der Waals surface area contributed by atoms with Gasteiger partial charge in [0.15, 0.2) is 0 Å². The molecule has 57 heavy (non-hydrogen) atoms. The zero-order valence-electron chi connectivity index (χ0n) is 35.6. The lowest BCUT2D eigenvalue weighted by molar-refractivity contribution is 0.196. The molecule has 4 aromatic carbocycles. The van der Waals surface area contributed by atoms with E-state index >= 15 is 0 Å². The fourth-order valence-corrected chi connectivity index (χ4v) is 9.24. The van der Waals surface area contributed by atoms with Crippen LogP contribution in [0.3, 0.4) is 0 Å². The molecule has 0 spiro atoms. The Morgan fingerprint density at radius 1 is 0.579 bits per heavy atom. The fraction of sp³-hybridized carbons (Fsp3) is 0.365. The van der Waals surface area contributed by atoms with Crippen LogP contribution in [-0.2, 0) is 20.3 Å². The van der Waals surface area contributed by atoms with Gasteiger partial charge in [-0.2, -0.15) is 4.58 Å². The maximum absolute atomic E-state index is 5.53. The monoisotopic (exact) mass is 760 g/mol. The molecule has 1 saturated carbocycles. The molecule has 0 bridgehead atoms. The van der Waals surface area contributed by atoms with Gasteiger partial charge >= 0.3 is 0 Å². The Hall–Kier alpha value is -4.97. The molecule has 5 heteroatoms. The molecule has 7 rings (SSSR count). The van der Waals surface area contributed by atoms with Crippen LogP contribution in [-0.4, -0.2) is 46.2 Å². The number of allylic oxidation sites excluding steroid dienone is 8. The molecule has 0 amide bonds. The molecule has 0 radical (unpaired) electrons. The van der Waals surface area contributed by atoms with Gasteiger partial charge in [0.2, 0.25) is 17.1 Å². The van der Waals surface area contributed by atoms with Gasteiger partial charge in [-0.25, -0.2) is 0 Å². The van der Waals surface area contributed by atoms with Crippen molar-refractivity contribution >= 4 is 28.5 Å². The standard InChI is InChI=1S/C52H62N3O2/c1-38-24-28-46-44(36-38)51(3,4)48(53(46)32-16-34-56-7)30-26-40-18-15-19-41(50(40)55(42-20-11-9-12-21-42)43-22-13-10-14-23-43)27-31-49-52(5,6)45-37-39(2)25-29-47(45)54(49)33-17-35-57-8/h9-14,20-31,36-37H,15-19,32-35H2,1-8H3/q+1. The average molecular weight is 761 g/mol. The number of nitrogens with zero attached hydrogens (tertiary/aromatic N) is 3. The van der Waals surface area contributed by atoms with E-state index < -0.39 is 0 Å². The highest BCUT2D eigenvalue weighted by Gasteiger charge is 2.41. The van der Waals surface area contributed by atoms with E-state index in [4.69, 9.17) is 9.47 Å². The van der Waals surface area contributed by atoms with Crippen LogP contribution >= 0.6 is 0 Å². The SMILES string of the molecule is COCCCN1C(=CC=C2CCCC(=CC=C3N(CCCOC)c4ccc(C)cc4C3(C)C)C2=[N+](c2ccccc2)c2ccccc2)C(C)(C)c2cc(C)ccc21. The Morgan fingerprint density at radius 2 is 1.00 bits per heavy atom. The molecule has 2 heterocycles. The van der Waals surface area contributed by atoms with Crippen molar-refractivity contribution in [2.75, 3.05) is 50.3 Å². The second-order valence-corrected chi connectivity index (χ2v) is 17.0. The lowest BCUT2D eigenvalue weighted by Gasteiger charge is -2.28. The largest absolute Gasteiger partial charge is 0.385 e. The number of hydrogen-bond donors (Lipinski definition) is 0. The number of benzene rings is 4. The summed E-state index contributed by atoms with van der Waals surface area (Å²) in [7, 11) is 3.59. The first-order valence-corrected chi connectivity index (χ1v) is 20.9. The summed E-state index contributed by atoms with van der Waals surface area (Å²) >= 11 is 0. The molecule has 4 aromatic rings. The van der Waals surface area contributed by atoms with E-state index in [0.717, 1.165) is 69.8 Å². The van der Waals surface area contributed by atoms with Gasteiger partial charge in [-0.05, 0) is 81.4 Å². The second kappa shape index (κ2) is 17.3. The summed E-state index contributed by atoms with van der Waals surface area (Å²) in [6.45, 7) is 17.3. The molecule has 296 valence electrons. The van der Waals surface area contributed by atoms with Gasteiger partial charge in [0.1, 0.15) is 0 Å². The van der Waals surface area contributed by atoms with Crippen LogP contribution in [0.2, 0.25) is 0 Å². The average Bonchev–Trinajstić information content (AvgIpc) is 3.54. The first kappa shape index (κ1) is 40.2. The summed E-state index contributed by atoms with van der Waals surface area (Å²) in [6.07, 6.45) is 14.8. The molecule has 0 aromatic heterocycles. The van der Waals surface area contributed by atoms with E-state index in [1.165, 1.54) is 61.9 Å². The molecular formula is C52H62N3O2+. The number of hydrogen-bond acceptors (Lipinski definition) is 4. The number of aryl methyl sites for hydroxylation is 2. The van der Waals surface area contributed by atoms with E-state index in [1.54, 1.807) is 14.2 Å². The van der Waals surface area contributed by atoms with Crippen molar-refractivity contribution in [1.29, 1.82) is 0 Å². The number of fused-ring (bicyclic) bond motifs is 2. The minimum Gasteiger partial charge on any atom is -0.385 e. The van der Waals surface area contributed by atoms with Crippen LogP contribution < -0.4 is 14.4 Å². The van der Waals surface area contributed by atoms with Gasteiger partial charge in [0.05, 0.1) is 0 Å². The Morgan fingerprint density at radius 3 is 1.40 bits per heavy atom. The van der Waals surface area contributed by atoms with E-state index in [1.807, 2.05) is 0 Å². The maximum Gasteiger partial charge on any atom is 0.218 e. The summed E-state index contributed by atoms with van der Waals surface area (Å²) in [5.41, 5.74) is 16.7. The molecule has 0 unspecified atom stereocenters. The minimum absolute atomic E-state index is 0.143. The van der Waals surface area contributed by atoms with E-state index in [9.17, 15) is 0 Å². The highest BCUT2D eigenvalue weighted by Crippen LogP contribution is 2.50. The summed E-state index contributed by atoms with van der Waals surface area (Å²) < 4.78 is 13.6. The van der Waals surface area contributed by atoms with Gasteiger partial charge < -0.3 is 19.3 Å². The zero-order valence-corrected chi connectivity index (χ0v) is 35.6. The van der Waals surface area contributed by atoms with Crippen molar-refractivity contribution in [2.45, 2.75) is 84.5 Å². The third kappa shape index (κ3) is 8.10. The maximum atomic E-state index is 5.53. The van der Waals surface area contributed by atoms with Crippen LogP contribution in [0.5, 0.6) is 0 Å². The van der Waals surface area contributed by atoms with Crippen molar-refractivity contribution in [1.82, 2.24) is 4.58 Å². The van der Waals surface area contributed by atoms with Crippen LogP contribution in [0, 0.1) is 13.8 Å². The van der Waals surface area contributed by atoms with Crippen LogP contribution in [0.1, 0.15) is 82.1 Å². The predicted molar refractivity (Wildman–Crippen MR) is 242 cm³/mol. The first-order valence-electron chi connectivity index (χ1n) is 20.9. The van der Waals surface area contributed by atoms with Crippen LogP contribution in [0.4, 0.5) is 22.7 Å². The summed E-state index contributed by atoms with van der Waals surface area (Å²) in [5.74, 6) is 0. The van der Waals surface area contributed by atoms with Gasteiger partial charge in [-0.3, -0.25) is 0 Å². The number of para-hydroxylation sites is 2. The van der Waals surface area contributed by atoms with Crippen LogP contribution in [0.15, 0.2) is 144 Å². The Bertz CT molecular complexity index is 2070. The normalized spacial score (nSPS) is 19.9. The van der Waals surface area contributed by atoms with Crippen molar-refractivity contribution in [2.24, 2.45) is 0 Å². The summed E-state index contributed by atoms with van der Waals surface area (Å²) in [4.78, 5) is 5.08. The molecule has 1 aliphatic carbocycles. The number of methoxy groups -OCH3 is 2. The Kier molecular flexibility index (Phi) is 12.2. The van der Waals surface area contributed by atoms with Gasteiger partial charge in [0.25, 0.3) is 0 Å². The molecule has 2 aliphatic heterocycles. The lowest BCUT2D eigenvalue weighted by Crippen LogP contribution is -2.28. The van der Waals surface area contributed by atoms with Crippen molar-refractivity contribution < 1.29 is 9.47 Å². The Balaban J connectivity index is 1.42. The molecule has 5 nitrogen and oxygen atoms in total. The molecule has 0 saturated heterocycles. The third-order valence-corrected chi connectivity index (χ3v) is 12.2. The number of rotatable bonds is 12. The van der Waals surface area contributed by atoms with E-state index in [0.29, 0.717) is 0 Å². The van der Waals surface area contributed by atoms with Gasteiger partial charge in [-0.1, -0.05) is 112 Å². The third-order valence-electron chi connectivity index (χ3n) is 12.2. The smallest absolute Gasteiger partial charge is 0.218 e. The molecule has 0 N–H and O–H groups in total. The summed E-state index contributed by atoms with van der Waals surface area (Å²) in [5, 5.41) is 0. The van der Waals surface area contributed by atoms with Crippen LogP contribution in [0.25, 0.3) is 0 Å². The topological polar surface area (TPSA) is 28.0 Å². The molecule has 3 aliphatic rings. The first-order chi connectivity index (χ1) is 27.6. The lowest BCUT2D eigenvalue weighted by atomic mass is 9.81. The molecule has 0 atom stereocenters. The second-order valence-electron chi connectivity index (χ2n) is 17.0. The minimum atomic E-state index is -0.143. The van der Waals surface area contributed by atoms with Gasteiger partial charge in [-0.15, -0.1) is 0 Å². The van der Waals surface area contributed by atoms with E-state index in [2.05, 4.69) is 177 Å². The van der Waals surface area contributed by atoms with Crippen molar-refractivity contribution in [3.05, 3.63) is 166 Å². The number of ether oxygens (including phenoxy) is 2. The van der Waals surface area contributed by atoms with Gasteiger partial charge in [0, 0.05) is 110 Å². The number of anilines is 2. The summed E-state index contributed by atoms with van der Waals surface area (Å²) in [6, 6.07) is 35.7. The highest BCUT2D eigenvalue weighted by molar-refractivity contribution is 6.16. The quantitative estimate of drug-likeness (QED) is 0.106. The zero-order chi connectivity index (χ0) is 40.2. The van der Waals surface area contributed by atoms with Crippen molar-refractivity contribution in [3.63, 3.8) is 0 Å². The Labute approximate surface area is 342 Å². The fourth-order valence-electron chi connectivity index (χ4n) is 9.24. The highest BCUT2D eigenvalue weighted by atomic mass is 16.5. The predicted octanol–water partition coefficient (Wildman–Crippen LogP) is 12.1. The molecule has 1 fully saturated rings.